The van der Waals surface area contributed by atoms with Gasteiger partial charge in [-0.15, -0.1) is 0 Å². The van der Waals surface area contributed by atoms with Gasteiger partial charge in [0, 0.05) is 0 Å². The molecule has 0 bridgehead atoms. The summed E-state index contributed by atoms with van der Waals surface area (Å²) in [5.74, 6) is 3.21. The molecule has 0 amide bonds. The van der Waals surface area contributed by atoms with Crippen LogP contribution in [0.25, 0.3) is 0 Å². The number of benzene rings is 2. The van der Waals surface area contributed by atoms with Crippen molar-refractivity contribution in [3.63, 3.8) is 0 Å². The monoisotopic (exact) mass is 386 g/mol. The van der Waals surface area contributed by atoms with Crippen molar-refractivity contribution in [2.24, 2.45) is 0 Å². The summed E-state index contributed by atoms with van der Waals surface area (Å²) in [4.78, 5) is 0. The molecule has 2 aromatic rings. The third-order valence-corrected chi connectivity index (χ3v) is 4.51. The van der Waals surface area contributed by atoms with Gasteiger partial charge in [-0.25, -0.2) is 0 Å². The summed E-state index contributed by atoms with van der Waals surface area (Å²) < 4.78 is 5.78. The minimum absolute atomic E-state index is 0.358. The van der Waals surface area contributed by atoms with Gasteiger partial charge < -0.3 is 0 Å². The van der Waals surface area contributed by atoms with Gasteiger partial charge in [-0.3, -0.25) is 0 Å². The molecule has 0 radical (unpaired) electrons. The Morgan fingerprint density at radius 3 is 2.25 bits per heavy atom. The molecule has 0 nitrogen and oxygen atoms in total. The number of hydrogen-bond donors (Lipinski definition) is 0. The van der Waals surface area contributed by atoms with E-state index >= 15 is 0 Å². The molecule has 0 aliphatic carbocycles. The molecule has 0 unspecified atom stereocenters. The SMILES string of the molecule is Brc1ccc(C#C[Te]c2ccccc2)cc1. The van der Waals surface area contributed by atoms with E-state index in [0.29, 0.717) is 0 Å². The quantitative estimate of drug-likeness (QED) is 0.524. The van der Waals surface area contributed by atoms with Crippen molar-refractivity contribution in [1.29, 1.82) is 0 Å². The van der Waals surface area contributed by atoms with E-state index < -0.39 is 0 Å². The van der Waals surface area contributed by atoms with Crippen molar-refractivity contribution < 1.29 is 0 Å². The Hall–Kier alpha value is -0.730. The van der Waals surface area contributed by atoms with Gasteiger partial charge in [0.2, 0.25) is 0 Å². The first kappa shape index (κ1) is 11.7. The summed E-state index contributed by atoms with van der Waals surface area (Å²) in [5.41, 5.74) is 1.09. The van der Waals surface area contributed by atoms with Crippen LogP contribution in [0.5, 0.6) is 0 Å². The van der Waals surface area contributed by atoms with Crippen molar-refractivity contribution in [3.05, 3.63) is 64.6 Å². The Labute approximate surface area is 114 Å². The summed E-state index contributed by atoms with van der Waals surface area (Å²) in [6.07, 6.45) is 0. The fraction of sp³-hybridized carbons (Fsp3) is 0. The fourth-order valence-corrected chi connectivity index (χ4v) is 3.08. The van der Waals surface area contributed by atoms with E-state index in [1.807, 2.05) is 30.3 Å². The van der Waals surface area contributed by atoms with E-state index in [1.54, 1.807) is 0 Å². The van der Waals surface area contributed by atoms with Crippen LogP contribution in [0.15, 0.2) is 59.1 Å². The van der Waals surface area contributed by atoms with Crippen LogP contribution in [-0.2, 0) is 0 Å². The molecule has 78 valence electrons. The predicted molar refractivity (Wildman–Crippen MR) is 72.9 cm³/mol. The zero-order valence-corrected chi connectivity index (χ0v) is 12.4. The first-order valence-electron chi connectivity index (χ1n) is 4.83. The van der Waals surface area contributed by atoms with Crippen molar-refractivity contribution >= 4 is 40.5 Å². The molecule has 0 spiro atoms. The molecule has 0 aromatic heterocycles. The van der Waals surface area contributed by atoms with Crippen LogP contribution < -0.4 is 3.61 Å². The first-order chi connectivity index (χ1) is 7.84. The number of rotatable bonds is 1. The van der Waals surface area contributed by atoms with Crippen molar-refractivity contribution in [2.75, 3.05) is 0 Å². The van der Waals surface area contributed by atoms with Crippen LogP contribution >= 0.6 is 15.9 Å². The molecule has 0 atom stereocenters. The van der Waals surface area contributed by atoms with E-state index in [4.69, 9.17) is 0 Å². The van der Waals surface area contributed by atoms with Gasteiger partial charge in [0.05, 0.1) is 0 Å². The van der Waals surface area contributed by atoms with Gasteiger partial charge in [-0.2, -0.15) is 0 Å². The summed E-state index contributed by atoms with van der Waals surface area (Å²) in [6, 6.07) is 18.6. The summed E-state index contributed by atoms with van der Waals surface area (Å²) in [5, 5.41) is 0. The number of halogens is 1. The zero-order chi connectivity index (χ0) is 11.2. The summed E-state index contributed by atoms with van der Waals surface area (Å²) >= 11 is 3.05. The Morgan fingerprint density at radius 2 is 1.56 bits per heavy atom. The van der Waals surface area contributed by atoms with Gasteiger partial charge in [-0.05, 0) is 0 Å². The van der Waals surface area contributed by atoms with E-state index in [9.17, 15) is 0 Å². The molecule has 0 N–H and O–H groups in total. The van der Waals surface area contributed by atoms with E-state index in [-0.39, 0.29) is 20.9 Å². The van der Waals surface area contributed by atoms with Gasteiger partial charge >= 0.3 is 115 Å². The normalized spacial score (nSPS) is 9.31. The topological polar surface area (TPSA) is 0 Å². The van der Waals surface area contributed by atoms with Crippen molar-refractivity contribution in [3.8, 4) is 9.89 Å². The maximum absolute atomic E-state index is 3.41. The van der Waals surface area contributed by atoms with E-state index in [0.717, 1.165) is 10.0 Å². The molecular weight excluding hydrogens is 376 g/mol. The standard InChI is InChI=1S/C14H9BrTe/c15-13-8-6-12(7-9-13)10-11-16-14-4-2-1-3-5-14/h1-9H. The third kappa shape index (κ3) is 3.69. The first-order valence-corrected chi connectivity index (χ1v) is 7.95. The average Bonchev–Trinajstić information content (AvgIpc) is 2.33. The fourth-order valence-electron chi connectivity index (χ4n) is 1.17. The average molecular weight is 385 g/mol. The van der Waals surface area contributed by atoms with Gasteiger partial charge in [-0.1, -0.05) is 0 Å². The molecule has 16 heavy (non-hydrogen) atoms. The Balaban J connectivity index is 2.03. The second-order valence-corrected chi connectivity index (χ2v) is 6.58. The molecule has 0 saturated carbocycles. The van der Waals surface area contributed by atoms with Crippen LogP contribution in [0, 0.1) is 9.89 Å². The minimum atomic E-state index is -0.358. The summed E-state index contributed by atoms with van der Waals surface area (Å²) in [6.45, 7) is 0. The van der Waals surface area contributed by atoms with E-state index in [2.05, 4.69) is 50.1 Å². The molecule has 0 heterocycles. The molecule has 2 rings (SSSR count). The van der Waals surface area contributed by atoms with Crippen LogP contribution in [0.3, 0.4) is 0 Å². The molecule has 2 aromatic carbocycles. The number of hydrogen-bond acceptors (Lipinski definition) is 0. The molecule has 0 saturated heterocycles. The van der Waals surface area contributed by atoms with Gasteiger partial charge in [0.15, 0.2) is 0 Å². The third-order valence-electron chi connectivity index (χ3n) is 1.95. The van der Waals surface area contributed by atoms with Crippen LogP contribution in [0.1, 0.15) is 5.56 Å². The van der Waals surface area contributed by atoms with Gasteiger partial charge in [0.1, 0.15) is 0 Å². The summed E-state index contributed by atoms with van der Waals surface area (Å²) in [7, 11) is 0. The van der Waals surface area contributed by atoms with Crippen LogP contribution in [0.4, 0.5) is 0 Å². The molecule has 0 fully saturated rings. The van der Waals surface area contributed by atoms with Crippen molar-refractivity contribution in [1.82, 2.24) is 0 Å². The van der Waals surface area contributed by atoms with Crippen LogP contribution in [-0.4, -0.2) is 20.9 Å². The maximum atomic E-state index is 3.41. The zero-order valence-electron chi connectivity index (χ0n) is 8.48. The second-order valence-electron chi connectivity index (χ2n) is 3.15. The second kappa shape index (κ2) is 6.12. The Morgan fingerprint density at radius 1 is 0.875 bits per heavy atom. The predicted octanol–water partition coefficient (Wildman–Crippen LogP) is 2.79. The van der Waals surface area contributed by atoms with Crippen LogP contribution in [0.2, 0.25) is 0 Å². The molecular formula is C14H9BrTe. The molecule has 0 aliphatic rings. The molecule has 2 heteroatoms. The molecule has 0 aliphatic heterocycles. The Bertz CT molecular complexity index is 506. The van der Waals surface area contributed by atoms with Gasteiger partial charge in [0.25, 0.3) is 0 Å². The van der Waals surface area contributed by atoms with Crippen molar-refractivity contribution in [2.45, 2.75) is 0 Å². The van der Waals surface area contributed by atoms with E-state index in [1.165, 1.54) is 3.61 Å². The Kier molecular flexibility index (Phi) is 4.49.